The van der Waals surface area contributed by atoms with Crippen molar-refractivity contribution in [2.45, 2.75) is 59.2 Å². The highest BCUT2D eigenvalue weighted by Crippen LogP contribution is 2.33. The summed E-state index contributed by atoms with van der Waals surface area (Å²) >= 11 is 0. The first-order valence-electron chi connectivity index (χ1n) is 7.67. The molecule has 1 aromatic rings. The molecule has 2 heteroatoms. The van der Waals surface area contributed by atoms with Crippen molar-refractivity contribution in [1.29, 1.82) is 0 Å². The zero-order valence-electron chi connectivity index (χ0n) is 13.2. The third-order valence-electron chi connectivity index (χ3n) is 4.64. The maximum atomic E-state index is 12.5. The van der Waals surface area contributed by atoms with E-state index in [1.165, 1.54) is 5.56 Å². The molecule has 2 rings (SSSR count). The Morgan fingerprint density at radius 3 is 2.15 bits per heavy atom. The second-order valence-corrected chi connectivity index (χ2v) is 6.47. The summed E-state index contributed by atoms with van der Waals surface area (Å²) in [4.78, 5) is 12.5. The largest absolute Gasteiger partial charge is 0.375 e. The van der Waals surface area contributed by atoms with Crippen LogP contribution in [-0.2, 0) is 16.0 Å². The number of carbonyl (C=O) groups excluding carboxylic acids is 1. The smallest absolute Gasteiger partial charge is 0.143 e. The van der Waals surface area contributed by atoms with Gasteiger partial charge in [-0.1, -0.05) is 45.0 Å². The lowest BCUT2D eigenvalue weighted by atomic mass is 9.84. The number of carbonyl (C=O) groups is 1. The van der Waals surface area contributed by atoms with E-state index in [2.05, 4.69) is 52.0 Å². The lowest BCUT2D eigenvalue weighted by Gasteiger charge is -2.17. The average Bonchev–Trinajstić information content (AvgIpc) is 2.63. The zero-order valence-corrected chi connectivity index (χ0v) is 13.2. The van der Waals surface area contributed by atoms with Gasteiger partial charge in [-0.25, -0.2) is 0 Å². The van der Waals surface area contributed by atoms with E-state index >= 15 is 0 Å². The molecular weight excluding hydrogens is 248 g/mol. The molecule has 1 aliphatic rings. The topological polar surface area (TPSA) is 26.3 Å². The van der Waals surface area contributed by atoms with Gasteiger partial charge < -0.3 is 4.74 Å². The Balaban J connectivity index is 2.04. The second-order valence-electron chi connectivity index (χ2n) is 6.47. The van der Waals surface area contributed by atoms with Gasteiger partial charge in [0.25, 0.3) is 0 Å². The first-order chi connectivity index (χ1) is 9.40. The van der Waals surface area contributed by atoms with Crippen LogP contribution in [0.1, 0.15) is 51.7 Å². The summed E-state index contributed by atoms with van der Waals surface area (Å²) in [6, 6.07) is 8.44. The van der Waals surface area contributed by atoms with Gasteiger partial charge in [0.1, 0.15) is 5.78 Å². The van der Waals surface area contributed by atoms with E-state index in [1.807, 2.05) is 6.92 Å². The number of hydrogen-bond donors (Lipinski definition) is 0. The van der Waals surface area contributed by atoms with Crippen molar-refractivity contribution >= 4 is 5.78 Å². The lowest BCUT2D eigenvalue weighted by molar-refractivity contribution is -0.124. The zero-order chi connectivity index (χ0) is 14.9. The predicted octanol–water partition coefficient (Wildman–Crippen LogP) is 3.98. The van der Waals surface area contributed by atoms with Gasteiger partial charge in [-0.2, -0.15) is 0 Å². The molecule has 0 saturated carbocycles. The quantitative estimate of drug-likeness (QED) is 0.830. The first kappa shape index (κ1) is 15.2. The molecule has 110 valence electrons. The summed E-state index contributed by atoms with van der Waals surface area (Å²) in [5.41, 5.74) is 2.43. The minimum absolute atomic E-state index is 0.0368. The minimum atomic E-state index is 0.0368. The highest BCUT2D eigenvalue weighted by molar-refractivity contribution is 5.84. The van der Waals surface area contributed by atoms with Crippen LogP contribution in [0.25, 0.3) is 0 Å². The van der Waals surface area contributed by atoms with Crippen LogP contribution in [-0.4, -0.2) is 18.0 Å². The molecule has 20 heavy (non-hydrogen) atoms. The third kappa shape index (κ3) is 3.12. The molecule has 4 atom stereocenters. The molecule has 0 bridgehead atoms. The maximum Gasteiger partial charge on any atom is 0.143 e. The van der Waals surface area contributed by atoms with Crippen LogP contribution >= 0.6 is 0 Å². The molecule has 0 aromatic heterocycles. The van der Waals surface area contributed by atoms with Crippen molar-refractivity contribution in [3.8, 4) is 0 Å². The van der Waals surface area contributed by atoms with E-state index in [9.17, 15) is 4.79 Å². The molecule has 4 unspecified atom stereocenters. The van der Waals surface area contributed by atoms with Crippen molar-refractivity contribution in [3.63, 3.8) is 0 Å². The minimum Gasteiger partial charge on any atom is -0.375 e. The first-order valence-corrected chi connectivity index (χ1v) is 7.67. The van der Waals surface area contributed by atoms with Gasteiger partial charge in [0, 0.05) is 12.3 Å². The average molecular weight is 274 g/mol. The van der Waals surface area contributed by atoms with Crippen LogP contribution in [0.3, 0.4) is 0 Å². The summed E-state index contributed by atoms with van der Waals surface area (Å²) in [5, 5.41) is 0. The highest BCUT2D eigenvalue weighted by Gasteiger charge is 2.40. The maximum absolute atomic E-state index is 12.5. The summed E-state index contributed by atoms with van der Waals surface area (Å²) in [7, 11) is 0. The van der Waals surface area contributed by atoms with Crippen molar-refractivity contribution in [1.82, 2.24) is 0 Å². The Bertz CT molecular complexity index is 461. The SMILES string of the molecule is CC(C)c1ccc(CC(=O)C2C(C)OC(C)C2C)cc1. The molecule has 0 spiro atoms. The fraction of sp³-hybridized carbons (Fsp3) is 0.611. The van der Waals surface area contributed by atoms with E-state index < -0.39 is 0 Å². The monoisotopic (exact) mass is 274 g/mol. The summed E-state index contributed by atoms with van der Waals surface area (Å²) in [5.74, 6) is 1.19. The third-order valence-corrected chi connectivity index (χ3v) is 4.64. The highest BCUT2D eigenvalue weighted by atomic mass is 16.5. The van der Waals surface area contributed by atoms with Gasteiger partial charge in [-0.3, -0.25) is 4.79 Å². The standard InChI is InChI=1S/C18H26O2/c1-11(2)16-8-6-15(7-9-16)10-17(19)18-12(3)13(4)20-14(18)5/h6-9,11-14,18H,10H2,1-5H3. The number of hydrogen-bond acceptors (Lipinski definition) is 2. The van der Waals surface area contributed by atoms with Crippen LogP contribution in [0.15, 0.2) is 24.3 Å². The van der Waals surface area contributed by atoms with Gasteiger partial charge in [0.05, 0.1) is 12.2 Å². The van der Waals surface area contributed by atoms with E-state index in [0.29, 0.717) is 24.0 Å². The summed E-state index contributed by atoms with van der Waals surface area (Å²) < 4.78 is 5.77. The van der Waals surface area contributed by atoms with Gasteiger partial charge in [-0.05, 0) is 36.8 Å². The predicted molar refractivity (Wildman–Crippen MR) is 81.9 cm³/mol. The van der Waals surface area contributed by atoms with E-state index in [1.54, 1.807) is 0 Å². The van der Waals surface area contributed by atoms with Gasteiger partial charge in [0.2, 0.25) is 0 Å². The van der Waals surface area contributed by atoms with E-state index in [4.69, 9.17) is 4.74 Å². The Morgan fingerprint density at radius 2 is 1.70 bits per heavy atom. The fourth-order valence-corrected chi connectivity index (χ4v) is 3.16. The van der Waals surface area contributed by atoms with Gasteiger partial charge in [-0.15, -0.1) is 0 Å². The molecule has 0 aliphatic carbocycles. The number of ether oxygens (including phenoxy) is 1. The molecule has 0 N–H and O–H groups in total. The van der Waals surface area contributed by atoms with Crippen molar-refractivity contribution < 1.29 is 9.53 Å². The van der Waals surface area contributed by atoms with Crippen LogP contribution in [0, 0.1) is 11.8 Å². The lowest BCUT2D eigenvalue weighted by Crippen LogP contribution is -2.28. The van der Waals surface area contributed by atoms with Crippen LogP contribution in [0.2, 0.25) is 0 Å². The number of Topliss-reactive ketones (excluding diaryl/α,β-unsaturated/α-hetero) is 1. The number of ketones is 1. The van der Waals surface area contributed by atoms with Crippen molar-refractivity contribution in [3.05, 3.63) is 35.4 Å². The molecule has 1 heterocycles. The molecule has 1 aliphatic heterocycles. The van der Waals surface area contributed by atoms with E-state index in [0.717, 1.165) is 5.56 Å². The van der Waals surface area contributed by atoms with Crippen molar-refractivity contribution in [2.24, 2.45) is 11.8 Å². The Labute approximate surface area is 122 Å². The molecule has 1 fully saturated rings. The molecule has 0 amide bonds. The van der Waals surface area contributed by atoms with Crippen molar-refractivity contribution in [2.75, 3.05) is 0 Å². The molecule has 1 saturated heterocycles. The van der Waals surface area contributed by atoms with Gasteiger partial charge >= 0.3 is 0 Å². The Morgan fingerprint density at radius 1 is 1.10 bits per heavy atom. The Kier molecular flexibility index (Phi) is 4.64. The number of benzene rings is 1. The summed E-state index contributed by atoms with van der Waals surface area (Å²) in [6.45, 7) is 10.6. The normalized spacial score (nSPS) is 29.9. The van der Waals surface area contributed by atoms with Crippen LogP contribution < -0.4 is 0 Å². The molecular formula is C18H26O2. The molecule has 1 aromatic carbocycles. The van der Waals surface area contributed by atoms with Gasteiger partial charge in [0.15, 0.2) is 0 Å². The Hall–Kier alpha value is -1.15. The van der Waals surface area contributed by atoms with Crippen LogP contribution in [0.5, 0.6) is 0 Å². The van der Waals surface area contributed by atoms with E-state index in [-0.39, 0.29) is 18.1 Å². The second kappa shape index (κ2) is 6.09. The molecule has 0 radical (unpaired) electrons. The molecule has 2 nitrogen and oxygen atoms in total. The fourth-order valence-electron chi connectivity index (χ4n) is 3.16. The summed E-state index contributed by atoms with van der Waals surface area (Å²) in [6.07, 6.45) is 0.748. The number of rotatable bonds is 4. The van der Waals surface area contributed by atoms with Crippen LogP contribution in [0.4, 0.5) is 0 Å².